The van der Waals surface area contributed by atoms with Gasteiger partial charge in [0.15, 0.2) is 0 Å². The molecular formula is C14H17N3O2. The number of hydrazine groups is 1. The lowest BCUT2D eigenvalue weighted by Crippen LogP contribution is -2.48. The third-order valence-corrected chi connectivity index (χ3v) is 2.77. The maximum absolute atomic E-state index is 12.2. The molecule has 0 radical (unpaired) electrons. The van der Waals surface area contributed by atoms with Crippen LogP contribution in [0.4, 0.5) is 0 Å². The third kappa shape index (κ3) is 3.80. The van der Waals surface area contributed by atoms with Crippen molar-refractivity contribution in [1.29, 1.82) is 0 Å². The smallest absolute Gasteiger partial charge is 0.266 e. The average molecular weight is 259 g/mol. The summed E-state index contributed by atoms with van der Waals surface area (Å²) in [5.41, 5.74) is 9.48. The normalized spacial score (nSPS) is 15.4. The van der Waals surface area contributed by atoms with Crippen molar-refractivity contribution in [2.45, 2.75) is 0 Å². The quantitative estimate of drug-likeness (QED) is 0.732. The van der Waals surface area contributed by atoms with Gasteiger partial charge in [-0.05, 0) is 12.1 Å². The first-order valence-electron chi connectivity index (χ1n) is 6.23. The van der Waals surface area contributed by atoms with Gasteiger partial charge in [0.05, 0.1) is 25.3 Å². The number of hydrogen-bond acceptors (Lipinski definition) is 4. The van der Waals surface area contributed by atoms with Gasteiger partial charge < -0.3 is 10.5 Å². The van der Waals surface area contributed by atoms with Gasteiger partial charge in [-0.25, -0.2) is 5.01 Å². The summed E-state index contributed by atoms with van der Waals surface area (Å²) in [6.07, 6.45) is 0. The van der Waals surface area contributed by atoms with Gasteiger partial charge in [0, 0.05) is 18.7 Å². The minimum absolute atomic E-state index is 0.149. The molecule has 0 spiro atoms. The predicted molar refractivity (Wildman–Crippen MR) is 72.2 cm³/mol. The molecule has 2 rings (SSSR count). The van der Waals surface area contributed by atoms with Crippen LogP contribution >= 0.6 is 0 Å². The maximum Gasteiger partial charge on any atom is 0.266 e. The van der Waals surface area contributed by atoms with Crippen LogP contribution in [0.5, 0.6) is 0 Å². The lowest BCUT2D eigenvalue weighted by molar-refractivity contribution is 0.0126. The molecule has 1 heterocycles. The molecule has 0 atom stereocenters. The first kappa shape index (κ1) is 13.6. The number of ether oxygens (including phenoxy) is 1. The van der Waals surface area contributed by atoms with E-state index >= 15 is 0 Å². The second kappa shape index (κ2) is 6.90. The zero-order valence-corrected chi connectivity index (χ0v) is 10.7. The molecular weight excluding hydrogens is 242 g/mol. The summed E-state index contributed by atoms with van der Waals surface area (Å²) in [4.78, 5) is 12.2. The molecule has 0 bridgehead atoms. The summed E-state index contributed by atoms with van der Waals surface area (Å²) in [6, 6.07) is 7.25. The van der Waals surface area contributed by atoms with Crippen LogP contribution in [0.1, 0.15) is 15.9 Å². The minimum Gasteiger partial charge on any atom is -0.379 e. The Morgan fingerprint density at radius 1 is 1.37 bits per heavy atom. The van der Waals surface area contributed by atoms with Crippen molar-refractivity contribution in [2.24, 2.45) is 5.73 Å². The molecule has 1 amide bonds. The zero-order chi connectivity index (χ0) is 13.5. The highest BCUT2D eigenvalue weighted by Crippen LogP contribution is 2.07. The van der Waals surface area contributed by atoms with Crippen molar-refractivity contribution in [3.63, 3.8) is 0 Å². The van der Waals surface area contributed by atoms with Crippen molar-refractivity contribution in [1.82, 2.24) is 10.4 Å². The lowest BCUT2D eigenvalue weighted by atomic mass is 10.1. The van der Waals surface area contributed by atoms with Crippen LogP contribution in [-0.4, -0.2) is 43.8 Å². The zero-order valence-electron chi connectivity index (χ0n) is 10.7. The van der Waals surface area contributed by atoms with E-state index in [1.165, 1.54) is 0 Å². The number of carbonyl (C=O) groups excluding carboxylic acids is 1. The largest absolute Gasteiger partial charge is 0.379 e. The number of amides is 1. The van der Waals surface area contributed by atoms with E-state index < -0.39 is 0 Å². The molecule has 1 aliphatic rings. The number of morpholine rings is 1. The minimum atomic E-state index is -0.149. The second-order valence-electron chi connectivity index (χ2n) is 4.09. The van der Waals surface area contributed by atoms with Crippen molar-refractivity contribution in [3.05, 3.63) is 35.4 Å². The monoisotopic (exact) mass is 259 g/mol. The Morgan fingerprint density at radius 2 is 2.11 bits per heavy atom. The number of benzene rings is 1. The number of nitrogens with one attached hydrogen (secondary N) is 1. The van der Waals surface area contributed by atoms with E-state index in [0.717, 1.165) is 0 Å². The van der Waals surface area contributed by atoms with Crippen LogP contribution in [0.25, 0.3) is 0 Å². The molecule has 1 fully saturated rings. The molecule has 0 saturated carbocycles. The van der Waals surface area contributed by atoms with E-state index in [-0.39, 0.29) is 12.5 Å². The van der Waals surface area contributed by atoms with Crippen LogP contribution in [0.15, 0.2) is 24.3 Å². The summed E-state index contributed by atoms with van der Waals surface area (Å²) in [6.45, 7) is 2.94. The highest BCUT2D eigenvalue weighted by atomic mass is 16.5. The molecule has 1 saturated heterocycles. The molecule has 19 heavy (non-hydrogen) atoms. The molecule has 1 aromatic carbocycles. The van der Waals surface area contributed by atoms with Crippen LogP contribution in [0.2, 0.25) is 0 Å². The topological polar surface area (TPSA) is 67.6 Å². The number of hydrogen-bond donors (Lipinski definition) is 2. The van der Waals surface area contributed by atoms with Crippen LogP contribution < -0.4 is 11.2 Å². The van der Waals surface area contributed by atoms with E-state index in [1.54, 1.807) is 6.07 Å². The molecule has 5 heteroatoms. The molecule has 1 aromatic rings. The van der Waals surface area contributed by atoms with Crippen LogP contribution in [0.3, 0.4) is 0 Å². The number of nitrogens with zero attached hydrogens (tertiary/aromatic N) is 1. The number of nitrogens with two attached hydrogens (primary N) is 1. The Morgan fingerprint density at radius 3 is 2.84 bits per heavy atom. The fraction of sp³-hybridized carbons (Fsp3) is 0.357. The van der Waals surface area contributed by atoms with Crippen molar-refractivity contribution >= 4 is 5.91 Å². The highest BCUT2D eigenvalue weighted by molar-refractivity contribution is 5.96. The van der Waals surface area contributed by atoms with Gasteiger partial charge >= 0.3 is 0 Å². The molecule has 5 nitrogen and oxygen atoms in total. The van der Waals surface area contributed by atoms with Gasteiger partial charge in [-0.3, -0.25) is 10.2 Å². The summed E-state index contributed by atoms with van der Waals surface area (Å²) in [5, 5.41) is 1.86. The van der Waals surface area contributed by atoms with Gasteiger partial charge in [-0.15, -0.1) is 0 Å². The Hall–Kier alpha value is -1.87. The van der Waals surface area contributed by atoms with E-state index in [9.17, 15) is 4.79 Å². The first-order chi connectivity index (χ1) is 9.31. The van der Waals surface area contributed by atoms with Crippen molar-refractivity contribution < 1.29 is 9.53 Å². The van der Waals surface area contributed by atoms with E-state index in [4.69, 9.17) is 10.5 Å². The van der Waals surface area contributed by atoms with Crippen LogP contribution in [-0.2, 0) is 4.74 Å². The standard InChI is InChI=1S/C14H17N3O2/c15-7-3-5-12-4-1-2-6-13(12)14(18)16-17-8-10-19-11-9-17/h1-2,4,6H,7-11,15H2,(H,16,18). The van der Waals surface area contributed by atoms with Crippen molar-refractivity contribution in [3.8, 4) is 11.8 Å². The first-order valence-corrected chi connectivity index (χ1v) is 6.23. The lowest BCUT2D eigenvalue weighted by Gasteiger charge is -2.27. The molecule has 0 unspecified atom stereocenters. The molecule has 100 valence electrons. The van der Waals surface area contributed by atoms with E-state index in [0.29, 0.717) is 37.4 Å². The Kier molecular flexibility index (Phi) is 4.93. The second-order valence-corrected chi connectivity index (χ2v) is 4.09. The molecule has 0 aromatic heterocycles. The van der Waals surface area contributed by atoms with Gasteiger partial charge in [0.25, 0.3) is 5.91 Å². The van der Waals surface area contributed by atoms with E-state index in [2.05, 4.69) is 17.3 Å². The SMILES string of the molecule is NCC#Cc1ccccc1C(=O)NN1CCOCC1. The Balaban J connectivity index is 2.09. The fourth-order valence-electron chi connectivity index (χ4n) is 1.82. The molecule has 0 aliphatic carbocycles. The Bertz CT molecular complexity index is 499. The van der Waals surface area contributed by atoms with Gasteiger partial charge in [0.1, 0.15) is 0 Å². The van der Waals surface area contributed by atoms with Crippen LogP contribution in [0, 0.1) is 11.8 Å². The third-order valence-electron chi connectivity index (χ3n) is 2.77. The van der Waals surface area contributed by atoms with Crippen molar-refractivity contribution in [2.75, 3.05) is 32.8 Å². The van der Waals surface area contributed by atoms with Gasteiger partial charge in [-0.2, -0.15) is 0 Å². The Labute approximate surface area is 112 Å². The van der Waals surface area contributed by atoms with E-state index in [1.807, 2.05) is 23.2 Å². The fourth-order valence-corrected chi connectivity index (χ4v) is 1.82. The summed E-state index contributed by atoms with van der Waals surface area (Å²) in [7, 11) is 0. The van der Waals surface area contributed by atoms with Gasteiger partial charge in [0.2, 0.25) is 0 Å². The molecule has 1 aliphatic heterocycles. The highest BCUT2D eigenvalue weighted by Gasteiger charge is 2.15. The average Bonchev–Trinajstić information content (AvgIpc) is 2.46. The van der Waals surface area contributed by atoms with Gasteiger partial charge in [-0.1, -0.05) is 24.0 Å². The summed E-state index contributed by atoms with van der Waals surface area (Å²) in [5.74, 6) is 5.53. The predicted octanol–water partition coefficient (Wildman–Crippen LogP) is -0.0262. The number of rotatable bonds is 2. The number of carbonyl (C=O) groups is 1. The molecule has 3 N–H and O–H groups in total. The maximum atomic E-state index is 12.2. The summed E-state index contributed by atoms with van der Waals surface area (Å²) < 4.78 is 5.23. The summed E-state index contributed by atoms with van der Waals surface area (Å²) >= 11 is 0.